The van der Waals surface area contributed by atoms with E-state index >= 15 is 0 Å². The third-order valence-electron chi connectivity index (χ3n) is 3.89. The number of benzene rings is 2. The lowest BCUT2D eigenvalue weighted by molar-refractivity contribution is 0.0528. The predicted molar refractivity (Wildman–Crippen MR) is 107 cm³/mol. The average molecular weight is 363 g/mol. The van der Waals surface area contributed by atoms with Crippen LogP contribution < -0.4 is 5.32 Å². The Morgan fingerprint density at radius 3 is 2.19 bits per heavy atom. The Labute approximate surface area is 159 Å². The summed E-state index contributed by atoms with van der Waals surface area (Å²) in [5, 5.41) is 2.77. The van der Waals surface area contributed by atoms with Crippen LogP contribution >= 0.6 is 0 Å². The molecule has 3 aromatic rings. The number of aromatic amines is 1. The molecule has 5 heteroatoms. The van der Waals surface area contributed by atoms with Gasteiger partial charge in [-0.05, 0) is 20.8 Å². The number of imidazole rings is 1. The summed E-state index contributed by atoms with van der Waals surface area (Å²) in [5.41, 5.74) is 3.52. The van der Waals surface area contributed by atoms with Gasteiger partial charge < -0.3 is 15.0 Å². The second-order valence-corrected chi connectivity index (χ2v) is 7.32. The second kappa shape index (κ2) is 8.08. The topological polar surface area (TPSA) is 67.0 Å². The number of amides is 1. The van der Waals surface area contributed by atoms with Crippen LogP contribution in [0.5, 0.6) is 0 Å². The van der Waals surface area contributed by atoms with Crippen LogP contribution in [0.25, 0.3) is 22.5 Å². The van der Waals surface area contributed by atoms with Crippen LogP contribution in [0.1, 0.15) is 26.6 Å². The number of alkyl carbamates (subject to hydrolysis) is 1. The summed E-state index contributed by atoms with van der Waals surface area (Å²) in [6, 6.07) is 20.2. The van der Waals surface area contributed by atoms with Crippen LogP contribution in [-0.4, -0.2) is 28.2 Å². The van der Waals surface area contributed by atoms with Crippen molar-refractivity contribution < 1.29 is 9.53 Å². The van der Waals surface area contributed by atoms with Gasteiger partial charge in [-0.3, -0.25) is 0 Å². The van der Waals surface area contributed by atoms with Crippen molar-refractivity contribution in [2.75, 3.05) is 6.54 Å². The number of aromatic nitrogens is 2. The lowest BCUT2D eigenvalue weighted by Gasteiger charge is -2.19. The molecule has 0 bridgehead atoms. The van der Waals surface area contributed by atoms with Crippen molar-refractivity contribution >= 4 is 6.09 Å². The van der Waals surface area contributed by atoms with Gasteiger partial charge in [0.2, 0.25) is 0 Å². The highest BCUT2D eigenvalue weighted by Crippen LogP contribution is 2.29. The molecular formula is C22H25N3O2. The number of rotatable bonds is 5. The van der Waals surface area contributed by atoms with Gasteiger partial charge in [-0.1, -0.05) is 60.7 Å². The van der Waals surface area contributed by atoms with Crippen molar-refractivity contribution in [2.24, 2.45) is 0 Å². The summed E-state index contributed by atoms with van der Waals surface area (Å²) >= 11 is 0. The van der Waals surface area contributed by atoms with Gasteiger partial charge in [-0.15, -0.1) is 0 Å². The van der Waals surface area contributed by atoms with E-state index in [1.165, 1.54) is 0 Å². The number of carbonyl (C=O) groups is 1. The highest BCUT2D eigenvalue weighted by atomic mass is 16.6. The number of nitrogens with one attached hydrogen (secondary N) is 2. The molecule has 1 amide bonds. The lowest BCUT2D eigenvalue weighted by atomic mass is 10.1. The molecule has 0 aliphatic rings. The molecule has 0 radical (unpaired) electrons. The summed E-state index contributed by atoms with van der Waals surface area (Å²) in [5.74, 6) is 0.823. The first-order chi connectivity index (χ1) is 12.9. The highest BCUT2D eigenvalue weighted by Gasteiger charge is 2.17. The van der Waals surface area contributed by atoms with Gasteiger partial charge >= 0.3 is 6.09 Å². The van der Waals surface area contributed by atoms with Crippen molar-refractivity contribution in [1.82, 2.24) is 15.3 Å². The van der Waals surface area contributed by atoms with Crippen LogP contribution in [0.4, 0.5) is 4.79 Å². The van der Waals surface area contributed by atoms with Crippen molar-refractivity contribution in [3.05, 3.63) is 66.5 Å². The third kappa shape index (κ3) is 5.20. The number of hydrogen-bond donors (Lipinski definition) is 2. The van der Waals surface area contributed by atoms with Gasteiger partial charge in [0.1, 0.15) is 11.4 Å². The first kappa shape index (κ1) is 18.7. The first-order valence-corrected chi connectivity index (χ1v) is 9.09. The lowest BCUT2D eigenvalue weighted by Crippen LogP contribution is -2.33. The molecule has 0 aliphatic carbocycles. The molecule has 0 saturated carbocycles. The molecule has 0 spiro atoms. The SMILES string of the molecule is CC(C)(C)OC(=O)NCCc1nc(-c2ccccc2)c(-c2ccccc2)[nH]1. The van der Waals surface area contributed by atoms with Crippen LogP contribution in [0, 0.1) is 0 Å². The summed E-state index contributed by atoms with van der Waals surface area (Å²) in [4.78, 5) is 20.0. The summed E-state index contributed by atoms with van der Waals surface area (Å²) in [7, 11) is 0. The fourth-order valence-corrected chi connectivity index (χ4v) is 2.76. The van der Waals surface area contributed by atoms with Crippen LogP contribution in [0.3, 0.4) is 0 Å². The molecule has 0 unspecified atom stereocenters. The number of carbonyl (C=O) groups excluding carboxylic acids is 1. The first-order valence-electron chi connectivity index (χ1n) is 9.09. The number of H-pyrrole nitrogens is 1. The summed E-state index contributed by atoms with van der Waals surface area (Å²) in [6.07, 6.45) is 0.173. The van der Waals surface area contributed by atoms with E-state index in [0.29, 0.717) is 13.0 Å². The minimum Gasteiger partial charge on any atom is -0.444 e. The van der Waals surface area contributed by atoms with Gasteiger partial charge in [-0.25, -0.2) is 9.78 Å². The minimum atomic E-state index is -0.504. The smallest absolute Gasteiger partial charge is 0.407 e. The van der Waals surface area contributed by atoms with Crippen molar-refractivity contribution in [3.8, 4) is 22.5 Å². The maximum Gasteiger partial charge on any atom is 0.407 e. The zero-order valence-corrected chi connectivity index (χ0v) is 16.0. The van der Waals surface area contributed by atoms with Crippen molar-refractivity contribution in [3.63, 3.8) is 0 Å². The van der Waals surface area contributed by atoms with E-state index in [1.54, 1.807) is 0 Å². The predicted octanol–water partition coefficient (Wildman–Crippen LogP) is 4.81. The van der Waals surface area contributed by atoms with Crippen LogP contribution in [0.2, 0.25) is 0 Å². The Balaban J connectivity index is 1.77. The monoisotopic (exact) mass is 363 g/mol. The van der Waals surface area contributed by atoms with E-state index in [-0.39, 0.29) is 0 Å². The Hall–Kier alpha value is -3.08. The Morgan fingerprint density at radius 2 is 1.59 bits per heavy atom. The highest BCUT2D eigenvalue weighted by molar-refractivity contribution is 5.78. The molecule has 140 valence electrons. The molecule has 0 saturated heterocycles. The fourth-order valence-electron chi connectivity index (χ4n) is 2.76. The molecule has 3 rings (SSSR count). The average Bonchev–Trinajstić information content (AvgIpc) is 3.06. The number of hydrogen-bond acceptors (Lipinski definition) is 3. The third-order valence-corrected chi connectivity index (χ3v) is 3.89. The molecule has 0 fully saturated rings. The standard InChI is InChI=1S/C22H25N3O2/c1-22(2,3)27-21(26)23-15-14-18-24-19(16-10-6-4-7-11-16)20(25-18)17-12-8-5-9-13-17/h4-13H,14-15H2,1-3H3,(H,23,26)(H,24,25). The van der Waals surface area contributed by atoms with Crippen molar-refractivity contribution in [2.45, 2.75) is 32.8 Å². The maximum atomic E-state index is 11.8. The van der Waals surface area contributed by atoms with Crippen molar-refractivity contribution in [1.29, 1.82) is 0 Å². The van der Waals surface area contributed by atoms with E-state index in [0.717, 1.165) is 28.3 Å². The van der Waals surface area contributed by atoms with Gasteiger partial charge in [0.15, 0.2) is 0 Å². The minimum absolute atomic E-state index is 0.416. The van der Waals surface area contributed by atoms with E-state index in [4.69, 9.17) is 9.72 Å². The van der Waals surface area contributed by atoms with E-state index < -0.39 is 11.7 Å². The number of ether oxygens (including phenoxy) is 1. The number of nitrogens with zero attached hydrogens (tertiary/aromatic N) is 1. The molecule has 27 heavy (non-hydrogen) atoms. The Bertz CT molecular complexity index is 824. The Kier molecular flexibility index (Phi) is 5.60. The second-order valence-electron chi connectivity index (χ2n) is 7.32. The van der Waals surface area contributed by atoms with E-state index in [1.807, 2.05) is 69.3 Å². The molecule has 1 aromatic heterocycles. The molecule has 0 atom stereocenters. The van der Waals surface area contributed by atoms with Crippen LogP contribution in [-0.2, 0) is 11.2 Å². The van der Waals surface area contributed by atoms with Gasteiger partial charge in [0.05, 0.1) is 11.4 Å². The molecule has 5 nitrogen and oxygen atoms in total. The van der Waals surface area contributed by atoms with Crippen LogP contribution in [0.15, 0.2) is 60.7 Å². The molecule has 2 aromatic carbocycles. The normalized spacial score (nSPS) is 11.2. The van der Waals surface area contributed by atoms with Gasteiger partial charge in [0.25, 0.3) is 0 Å². The molecule has 0 aliphatic heterocycles. The van der Waals surface area contributed by atoms with Gasteiger partial charge in [-0.2, -0.15) is 0 Å². The van der Waals surface area contributed by atoms with E-state index in [2.05, 4.69) is 22.4 Å². The maximum absolute atomic E-state index is 11.8. The zero-order valence-electron chi connectivity index (χ0n) is 16.0. The zero-order chi connectivity index (χ0) is 19.3. The largest absolute Gasteiger partial charge is 0.444 e. The molecule has 2 N–H and O–H groups in total. The quantitative estimate of drug-likeness (QED) is 0.683. The summed E-state index contributed by atoms with van der Waals surface area (Å²) in [6.45, 7) is 5.98. The van der Waals surface area contributed by atoms with Gasteiger partial charge in [0, 0.05) is 24.1 Å². The molecule has 1 heterocycles. The molecular weight excluding hydrogens is 338 g/mol. The Morgan fingerprint density at radius 1 is 1.00 bits per heavy atom. The van der Waals surface area contributed by atoms with E-state index in [9.17, 15) is 4.79 Å². The fraction of sp³-hybridized carbons (Fsp3) is 0.273. The summed E-state index contributed by atoms with van der Waals surface area (Å²) < 4.78 is 5.26.